The summed E-state index contributed by atoms with van der Waals surface area (Å²) < 4.78 is 18.6. The summed E-state index contributed by atoms with van der Waals surface area (Å²) in [6.07, 6.45) is 0. The molecule has 0 spiro atoms. The minimum absolute atomic E-state index is 0.0958. The molecule has 0 bridgehead atoms. The minimum Gasteiger partial charge on any atom is -0.507 e. The van der Waals surface area contributed by atoms with Crippen LogP contribution in [0.1, 0.15) is 17.3 Å². The molecule has 0 saturated heterocycles. The zero-order valence-electron chi connectivity index (χ0n) is 11.5. The van der Waals surface area contributed by atoms with Crippen molar-refractivity contribution in [3.63, 3.8) is 0 Å². The molecule has 0 aromatic heterocycles. The lowest BCUT2D eigenvalue weighted by Gasteiger charge is -2.15. The third-order valence-electron chi connectivity index (χ3n) is 2.82. The van der Waals surface area contributed by atoms with E-state index in [0.29, 0.717) is 5.75 Å². The van der Waals surface area contributed by atoms with Gasteiger partial charge in [0.25, 0.3) is 5.91 Å². The maximum Gasteiger partial charge on any atom is 0.255 e. The van der Waals surface area contributed by atoms with Gasteiger partial charge < -0.3 is 15.2 Å². The lowest BCUT2D eigenvalue weighted by Crippen LogP contribution is -2.36. The number of amides is 1. The van der Waals surface area contributed by atoms with Gasteiger partial charge in [-0.1, -0.05) is 18.2 Å². The van der Waals surface area contributed by atoms with E-state index in [4.69, 9.17) is 4.74 Å². The number of carbonyl (C=O) groups excluding carboxylic acids is 1. The number of rotatable bonds is 5. The molecule has 4 nitrogen and oxygen atoms in total. The van der Waals surface area contributed by atoms with Crippen LogP contribution in [-0.4, -0.2) is 23.7 Å². The van der Waals surface area contributed by atoms with Crippen LogP contribution >= 0.6 is 0 Å². The Morgan fingerprint density at radius 1 is 1.29 bits per heavy atom. The van der Waals surface area contributed by atoms with Gasteiger partial charge >= 0.3 is 0 Å². The van der Waals surface area contributed by atoms with Crippen molar-refractivity contribution in [2.24, 2.45) is 0 Å². The first kappa shape index (κ1) is 14.8. The Hall–Kier alpha value is -2.56. The highest BCUT2D eigenvalue weighted by Gasteiger charge is 2.15. The summed E-state index contributed by atoms with van der Waals surface area (Å²) in [4.78, 5) is 11.9. The van der Waals surface area contributed by atoms with E-state index in [0.717, 1.165) is 18.2 Å². The maximum atomic E-state index is 13.1. The smallest absolute Gasteiger partial charge is 0.255 e. The Kier molecular flexibility index (Phi) is 4.77. The molecule has 0 radical (unpaired) electrons. The van der Waals surface area contributed by atoms with Crippen molar-refractivity contribution in [3.05, 3.63) is 59.9 Å². The summed E-state index contributed by atoms with van der Waals surface area (Å²) in [5.74, 6) is -0.681. The molecule has 2 aromatic carbocycles. The van der Waals surface area contributed by atoms with Gasteiger partial charge in [-0.05, 0) is 37.3 Å². The largest absolute Gasteiger partial charge is 0.507 e. The van der Waals surface area contributed by atoms with Gasteiger partial charge in [0.15, 0.2) is 0 Å². The fraction of sp³-hybridized carbons (Fsp3) is 0.188. The van der Waals surface area contributed by atoms with Gasteiger partial charge in [-0.2, -0.15) is 0 Å². The van der Waals surface area contributed by atoms with Crippen LogP contribution in [0.25, 0.3) is 0 Å². The SMILES string of the molecule is C[C@H](COc1ccccc1)NC(=O)c1cc(F)ccc1O. The third kappa shape index (κ3) is 4.21. The van der Waals surface area contributed by atoms with E-state index in [9.17, 15) is 14.3 Å². The molecule has 0 aliphatic rings. The molecule has 110 valence electrons. The average molecular weight is 289 g/mol. The predicted octanol–water partition coefficient (Wildman–Crippen LogP) is 2.73. The first-order valence-corrected chi connectivity index (χ1v) is 6.53. The van der Waals surface area contributed by atoms with Crippen LogP contribution in [-0.2, 0) is 0 Å². The number of halogens is 1. The number of hydrogen-bond donors (Lipinski definition) is 2. The Balaban J connectivity index is 1.91. The Morgan fingerprint density at radius 2 is 2.00 bits per heavy atom. The molecule has 2 rings (SSSR count). The van der Waals surface area contributed by atoms with E-state index in [1.54, 1.807) is 6.92 Å². The highest BCUT2D eigenvalue weighted by atomic mass is 19.1. The number of nitrogens with one attached hydrogen (secondary N) is 1. The van der Waals surface area contributed by atoms with Gasteiger partial charge in [-0.3, -0.25) is 4.79 Å². The van der Waals surface area contributed by atoms with Gasteiger partial charge in [-0.15, -0.1) is 0 Å². The van der Waals surface area contributed by atoms with Gasteiger partial charge in [0.05, 0.1) is 11.6 Å². The van der Waals surface area contributed by atoms with Crippen LogP contribution in [0.3, 0.4) is 0 Å². The molecule has 0 fully saturated rings. The maximum absolute atomic E-state index is 13.1. The molecule has 21 heavy (non-hydrogen) atoms. The number of phenols is 1. The molecular weight excluding hydrogens is 273 g/mol. The number of hydrogen-bond acceptors (Lipinski definition) is 3. The molecule has 0 aliphatic heterocycles. The predicted molar refractivity (Wildman–Crippen MR) is 76.9 cm³/mol. The topological polar surface area (TPSA) is 58.6 Å². The third-order valence-corrected chi connectivity index (χ3v) is 2.82. The van der Waals surface area contributed by atoms with Crippen molar-refractivity contribution in [3.8, 4) is 11.5 Å². The molecule has 0 aliphatic carbocycles. The van der Waals surface area contributed by atoms with E-state index in [-0.39, 0.29) is 24.0 Å². The lowest BCUT2D eigenvalue weighted by atomic mass is 10.1. The van der Waals surface area contributed by atoms with Gasteiger partial charge in [0, 0.05) is 0 Å². The number of phenolic OH excluding ortho intramolecular Hbond substituents is 1. The van der Waals surface area contributed by atoms with Crippen molar-refractivity contribution in [1.29, 1.82) is 0 Å². The monoisotopic (exact) mass is 289 g/mol. The average Bonchev–Trinajstić information content (AvgIpc) is 2.48. The van der Waals surface area contributed by atoms with E-state index < -0.39 is 11.7 Å². The van der Waals surface area contributed by atoms with Crippen LogP contribution in [0.2, 0.25) is 0 Å². The van der Waals surface area contributed by atoms with Crippen LogP contribution < -0.4 is 10.1 Å². The Bertz CT molecular complexity index is 616. The zero-order chi connectivity index (χ0) is 15.2. The molecule has 2 N–H and O–H groups in total. The molecular formula is C16H16FNO3. The van der Waals surface area contributed by atoms with Gasteiger partial charge in [0.1, 0.15) is 23.9 Å². The van der Waals surface area contributed by atoms with E-state index in [1.807, 2.05) is 30.3 Å². The summed E-state index contributed by atoms with van der Waals surface area (Å²) in [6, 6.07) is 12.1. The van der Waals surface area contributed by atoms with Gasteiger partial charge in [0.2, 0.25) is 0 Å². The quantitative estimate of drug-likeness (QED) is 0.889. The number of ether oxygens (including phenoxy) is 1. The van der Waals surface area contributed by atoms with Crippen molar-refractivity contribution < 1.29 is 19.0 Å². The fourth-order valence-electron chi connectivity index (χ4n) is 1.77. The molecule has 2 aromatic rings. The highest BCUT2D eigenvalue weighted by Crippen LogP contribution is 2.17. The van der Waals surface area contributed by atoms with Crippen molar-refractivity contribution in [1.82, 2.24) is 5.32 Å². The highest BCUT2D eigenvalue weighted by molar-refractivity contribution is 5.96. The van der Waals surface area contributed by atoms with E-state index >= 15 is 0 Å². The normalized spacial score (nSPS) is 11.7. The van der Waals surface area contributed by atoms with E-state index in [2.05, 4.69) is 5.32 Å². The lowest BCUT2D eigenvalue weighted by molar-refractivity contribution is 0.0923. The zero-order valence-corrected chi connectivity index (χ0v) is 11.5. The minimum atomic E-state index is -0.578. The standard InChI is InChI=1S/C16H16FNO3/c1-11(10-21-13-5-3-2-4-6-13)18-16(20)14-9-12(17)7-8-15(14)19/h2-9,11,19H,10H2,1H3,(H,18,20)/t11-/m1/s1. The Morgan fingerprint density at radius 3 is 2.71 bits per heavy atom. The fourth-order valence-corrected chi connectivity index (χ4v) is 1.77. The van der Waals surface area contributed by atoms with Crippen molar-refractivity contribution >= 4 is 5.91 Å². The number of para-hydroxylation sites is 1. The van der Waals surface area contributed by atoms with Crippen LogP contribution in [0.15, 0.2) is 48.5 Å². The number of aromatic hydroxyl groups is 1. The summed E-state index contributed by atoms with van der Waals surface area (Å²) >= 11 is 0. The molecule has 5 heteroatoms. The summed E-state index contributed by atoms with van der Waals surface area (Å²) in [5.41, 5.74) is -0.0958. The summed E-state index contributed by atoms with van der Waals surface area (Å²) in [5, 5.41) is 12.2. The van der Waals surface area contributed by atoms with Crippen LogP contribution in [0, 0.1) is 5.82 Å². The van der Waals surface area contributed by atoms with Crippen molar-refractivity contribution in [2.75, 3.05) is 6.61 Å². The van der Waals surface area contributed by atoms with Crippen LogP contribution in [0.4, 0.5) is 4.39 Å². The van der Waals surface area contributed by atoms with E-state index in [1.165, 1.54) is 0 Å². The van der Waals surface area contributed by atoms with Crippen molar-refractivity contribution in [2.45, 2.75) is 13.0 Å². The molecule has 0 saturated carbocycles. The van der Waals surface area contributed by atoms with Crippen LogP contribution in [0.5, 0.6) is 11.5 Å². The second-order valence-corrected chi connectivity index (χ2v) is 4.66. The number of carbonyl (C=O) groups is 1. The summed E-state index contributed by atoms with van der Waals surface area (Å²) in [6.45, 7) is 2.03. The second kappa shape index (κ2) is 6.74. The molecule has 1 amide bonds. The number of benzene rings is 2. The first-order chi connectivity index (χ1) is 10.1. The first-order valence-electron chi connectivity index (χ1n) is 6.53. The molecule has 0 heterocycles. The Labute approximate surface area is 122 Å². The molecule has 0 unspecified atom stereocenters. The summed E-state index contributed by atoms with van der Waals surface area (Å²) in [7, 11) is 0. The molecule has 1 atom stereocenters. The van der Waals surface area contributed by atoms with Gasteiger partial charge in [-0.25, -0.2) is 4.39 Å². The second-order valence-electron chi connectivity index (χ2n) is 4.66.